The highest BCUT2D eigenvalue weighted by molar-refractivity contribution is 5.91. The second-order valence-electron chi connectivity index (χ2n) is 8.87. The van der Waals surface area contributed by atoms with Gasteiger partial charge >= 0.3 is 12.1 Å². The third-order valence-electron chi connectivity index (χ3n) is 6.62. The molecule has 188 valence electrons. The van der Waals surface area contributed by atoms with Gasteiger partial charge in [0, 0.05) is 61.4 Å². The molecule has 3 N–H and O–H groups in total. The number of aromatic hydroxyl groups is 1. The van der Waals surface area contributed by atoms with Crippen LogP contribution in [-0.2, 0) is 6.54 Å². The average molecular weight is 492 g/mol. The van der Waals surface area contributed by atoms with Crippen molar-refractivity contribution in [2.45, 2.75) is 32.1 Å². The molecule has 1 saturated heterocycles. The minimum atomic E-state index is -4.25. The van der Waals surface area contributed by atoms with Crippen LogP contribution in [0.25, 0.3) is 10.9 Å². The largest absolute Gasteiger partial charge is 0.507 e. The van der Waals surface area contributed by atoms with Gasteiger partial charge in [-0.05, 0) is 42.3 Å². The summed E-state index contributed by atoms with van der Waals surface area (Å²) in [5.74, 6) is -0.902. The molecular weight excluding hydrogens is 463 g/mol. The van der Waals surface area contributed by atoms with Crippen molar-refractivity contribution in [1.29, 1.82) is 0 Å². The van der Waals surface area contributed by atoms with Crippen molar-refractivity contribution < 1.29 is 32.9 Å². The first-order valence-electron chi connectivity index (χ1n) is 11.3. The molecular formula is C25H28F3N3O4. The quantitative estimate of drug-likeness (QED) is 0.444. The number of halogens is 3. The number of alkyl halides is 3. The second-order valence-corrected chi connectivity index (χ2v) is 8.87. The number of aromatic amines is 1. The SMILES string of the molecule is COc1cc(C)c2[nH]ccc2c1CN1CCN(CCC(F)(F)F)C[C@H]1c1ccc(C(=O)O)c(O)c1. The monoisotopic (exact) mass is 491 g/mol. The molecule has 0 unspecified atom stereocenters. The molecule has 0 bridgehead atoms. The van der Waals surface area contributed by atoms with E-state index in [0.29, 0.717) is 31.7 Å². The van der Waals surface area contributed by atoms with Gasteiger partial charge in [0.2, 0.25) is 0 Å². The van der Waals surface area contributed by atoms with Crippen LogP contribution in [0.2, 0.25) is 0 Å². The van der Waals surface area contributed by atoms with E-state index >= 15 is 0 Å². The summed E-state index contributed by atoms with van der Waals surface area (Å²) >= 11 is 0. The number of H-pyrrole nitrogens is 1. The zero-order chi connectivity index (χ0) is 25.3. The predicted molar refractivity (Wildman–Crippen MR) is 125 cm³/mol. The smallest absolute Gasteiger partial charge is 0.390 e. The molecule has 1 aliphatic heterocycles. The molecule has 0 aliphatic carbocycles. The van der Waals surface area contributed by atoms with E-state index in [0.717, 1.165) is 27.8 Å². The van der Waals surface area contributed by atoms with Crippen molar-refractivity contribution in [2.24, 2.45) is 0 Å². The van der Waals surface area contributed by atoms with Crippen molar-refractivity contribution in [3.63, 3.8) is 0 Å². The second kappa shape index (κ2) is 9.79. The number of carboxylic acids is 1. The van der Waals surface area contributed by atoms with Crippen LogP contribution in [0.1, 0.15) is 39.5 Å². The van der Waals surface area contributed by atoms with E-state index in [1.54, 1.807) is 18.1 Å². The number of hydrogen-bond acceptors (Lipinski definition) is 5. The summed E-state index contributed by atoms with van der Waals surface area (Å²) < 4.78 is 44.2. The lowest BCUT2D eigenvalue weighted by atomic mass is 9.97. The lowest BCUT2D eigenvalue weighted by Gasteiger charge is -2.42. The number of hydrogen-bond donors (Lipinski definition) is 3. The molecule has 1 aliphatic rings. The highest BCUT2D eigenvalue weighted by Gasteiger charge is 2.33. The number of rotatable bonds is 7. The topological polar surface area (TPSA) is 89.0 Å². The molecule has 3 aromatic rings. The van der Waals surface area contributed by atoms with Crippen molar-refractivity contribution in [3.8, 4) is 11.5 Å². The molecule has 2 aromatic carbocycles. The number of nitrogens with one attached hydrogen (secondary N) is 1. The number of nitrogens with zero attached hydrogens (tertiary/aromatic N) is 2. The third kappa shape index (κ3) is 5.38. The van der Waals surface area contributed by atoms with Gasteiger partial charge in [0.05, 0.1) is 13.5 Å². The van der Waals surface area contributed by atoms with Crippen LogP contribution < -0.4 is 4.74 Å². The summed E-state index contributed by atoms with van der Waals surface area (Å²) in [5.41, 5.74) is 3.40. The lowest BCUT2D eigenvalue weighted by Crippen LogP contribution is -2.48. The number of ether oxygens (including phenoxy) is 1. The van der Waals surface area contributed by atoms with Crippen molar-refractivity contribution in [3.05, 3.63) is 58.8 Å². The van der Waals surface area contributed by atoms with E-state index in [4.69, 9.17) is 4.74 Å². The molecule has 1 atom stereocenters. The summed E-state index contributed by atoms with van der Waals surface area (Å²) in [5, 5.41) is 20.5. The maximum Gasteiger partial charge on any atom is 0.390 e. The number of piperazine rings is 1. The summed E-state index contributed by atoms with van der Waals surface area (Å²) in [7, 11) is 1.60. The zero-order valence-corrected chi connectivity index (χ0v) is 19.5. The average Bonchev–Trinajstić information content (AvgIpc) is 3.30. The Morgan fingerprint density at radius 2 is 2.00 bits per heavy atom. The van der Waals surface area contributed by atoms with Crippen molar-refractivity contribution in [2.75, 3.05) is 33.3 Å². The van der Waals surface area contributed by atoms with E-state index in [-0.39, 0.29) is 23.9 Å². The van der Waals surface area contributed by atoms with Gasteiger partial charge in [-0.1, -0.05) is 6.07 Å². The predicted octanol–water partition coefficient (Wildman–Crippen LogP) is 4.70. The highest BCUT2D eigenvalue weighted by atomic mass is 19.4. The van der Waals surface area contributed by atoms with E-state index in [9.17, 15) is 28.2 Å². The van der Waals surface area contributed by atoms with E-state index < -0.39 is 18.6 Å². The third-order valence-corrected chi connectivity index (χ3v) is 6.62. The Labute approximate surface area is 200 Å². The van der Waals surface area contributed by atoms with Gasteiger partial charge in [0.1, 0.15) is 17.1 Å². The molecule has 0 radical (unpaired) electrons. The first kappa shape index (κ1) is 24.9. The summed E-state index contributed by atoms with van der Waals surface area (Å²) in [6, 6.07) is 7.92. The molecule has 0 amide bonds. The summed E-state index contributed by atoms with van der Waals surface area (Å²) in [6.45, 7) is 3.59. The fourth-order valence-electron chi connectivity index (χ4n) is 4.79. The molecule has 0 saturated carbocycles. The van der Waals surface area contributed by atoms with Crippen LogP contribution in [0, 0.1) is 6.92 Å². The highest BCUT2D eigenvalue weighted by Crippen LogP contribution is 2.36. The summed E-state index contributed by atoms with van der Waals surface area (Å²) in [6.07, 6.45) is -3.29. The maximum absolute atomic E-state index is 12.9. The number of carboxylic acid groups (broad SMARTS) is 1. The Kier molecular flexibility index (Phi) is 6.95. The van der Waals surface area contributed by atoms with Gasteiger partial charge in [-0.25, -0.2) is 4.79 Å². The fourth-order valence-corrected chi connectivity index (χ4v) is 4.79. The van der Waals surface area contributed by atoms with Crippen molar-refractivity contribution in [1.82, 2.24) is 14.8 Å². The van der Waals surface area contributed by atoms with Crippen molar-refractivity contribution >= 4 is 16.9 Å². The van der Waals surface area contributed by atoms with Crippen LogP contribution in [0.15, 0.2) is 36.5 Å². The molecule has 1 fully saturated rings. The lowest BCUT2D eigenvalue weighted by molar-refractivity contribution is -0.139. The molecule has 10 heteroatoms. The number of aromatic nitrogens is 1. The Morgan fingerprint density at radius 3 is 2.66 bits per heavy atom. The van der Waals surface area contributed by atoms with Gasteiger partial charge in [-0.15, -0.1) is 0 Å². The number of carbonyl (C=O) groups is 1. The number of phenols is 1. The molecule has 1 aromatic heterocycles. The van der Waals surface area contributed by atoms with Gasteiger partial charge < -0.3 is 19.9 Å². The maximum atomic E-state index is 12.9. The van der Waals surface area contributed by atoms with E-state index in [1.165, 1.54) is 12.1 Å². The minimum absolute atomic E-state index is 0.122. The molecule has 0 spiro atoms. The van der Waals surface area contributed by atoms with Gasteiger partial charge in [-0.2, -0.15) is 13.2 Å². The van der Waals surface area contributed by atoms with Crippen LogP contribution in [0.3, 0.4) is 0 Å². The Morgan fingerprint density at radius 1 is 1.23 bits per heavy atom. The van der Waals surface area contributed by atoms with Gasteiger partial charge in [0.15, 0.2) is 0 Å². The number of benzene rings is 2. The van der Waals surface area contributed by atoms with Gasteiger partial charge in [0.25, 0.3) is 0 Å². The zero-order valence-electron chi connectivity index (χ0n) is 19.5. The van der Waals surface area contributed by atoms with Gasteiger partial charge in [-0.3, -0.25) is 9.80 Å². The standard InChI is InChI=1S/C25H28F3N3O4/c1-15-11-22(35-2)19(17-5-7-29-23(15)17)13-31-10-9-30(8-6-25(26,27)28)14-20(31)16-3-4-18(24(33)34)21(32)12-16/h3-5,7,11-12,20,29,32H,6,8-10,13-14H2,1-2H3,(H,33,34)/t20-/m0/s1. The first-order valence-corrected chi connectivity index (χ1v) is 11.3. The number of fused-ring (bicyclic) bond motifs is 1. The van der Waals surface area contributed by atoms with Crippen LogP contribution in [-0.4, -0.2) is 70.4 Å². The van der Waals surface area contributed by atoms with E-state index in [2.05, 4.69) is 9.88 Å². The van der Waals surface area contributed by atoms with Crippen LogP contribution in [0.5, 0.6) is 11.5 Å². The molecule has 7 nitrogen and oxygen atoms in total. The normalized spacial score (nSPS) is 17.7. The Bertz CT molecular complexity index is 1220. The first-order chi connectivity index (χ1) is 16.6. The van der Waals surface area contributed by atoms with Crippen LogP contribution >= 0.6 is 0 Å². The number of methoxy groups -OCH3 is 1. The Balaban J connectivity index is 1.68. The number of aromatic carboxylic acids is 1. The summed E-state index contributed by atoms with van der Waals surface area (Å²) in [4.78, 5) is 18.5. The Hall–Kier alpha value is -3.24. The fraction of sp³-hybridized carbons (Fsp3) is 0.400. The minimum Gasteiger partial charge on any atom is -0.507 e. The molecule has 2 heterocycles. The number of aryl methyl sites for hydroxylation is 1. The van der Waals surface area contributed by atoms with Crippen LogP contribution in [0.4, 0.5) is 13.2 Å². The molecule has 35 heavy (non-hydrogen) atoms. The molecule has 4 rings (SSSR count). The van der Waals surface area contributed by atoms with E-state index in [1.807, 2.05) is 25.3 Å².